The van der Waals surface area contributed by atoms with Crippen LogP contribution in [0.15, 0.2) is 97.1 Å². The molecule has 1 aromatic heterocycles. The molecule has 0 saturated carbocycles. The summed E-state index contributed by atoms with van der Waals surface area (Å²) in [4.78, 5) is 38.2. The van der Waals surface area contributed by atoms with E-state index in [0.29, 0.717) is 36.9 Å². The lowest BCUT2D eigenvalue weighted by Gasteiger charge is -2.42. The molecule has 7 heteroatoms. The van der Waals surface area contributed by atoms with Crippen molar-refractivity contribution in [2.45, 2.75) is 25.8 Å². The number of amides is 2. The van der Waals surface area contributed by atoms with Crippen LogP contribution in [0.2, 0.25) is 0 Å². The first-order chi connectivity index (χ1) is 21.1. The third-order valence-corrected chi connectivity index (χ3v) is 8.49. The summed E-state index contributed by atoms with van der Waals surface area (Å²) in [5.41, 5.74) is 4.96. The Morgan fingerprint density at radius 2 is 1.19 bits per heavy atom. The van der Waals surface area contributed by atoms with E-state index in [1.54, 1.807) is 0 Å². The molecule has 0 radical (unpaired) electrons. The number of nitrogens with zero attached hydrogens (tertiary/aromatic N) is 4. The first-order valence-corrected chi connectivity index (χ1v) is 15.3. The van der Waals surface area contributed by atoms with Crippen LogP contribution in [0.4, 0.5) is 0 Å². The molecule has 2 aliphatic heterocycles. The number of aromatic nitrogens is 1. The van der Waals surface area contributed by atoms with Gasteiger partial charge in [-0.2, -0.15) is 0 Å². The fraction of sp³-hybridized carbons (Fsp3) is 0.306. The van der Waals surface area contributed by atoms with E-state index in [1.165, 1.54) is 0 Å². The van der Waals surface area contributed by atoms with Gasteiger partial charge in [0.1, 0.15) is 5.75 Å². The molecule has 3 aromatic carbocycles. The Kier molecular flexibility index (Phi) is 8.80. The molecule has 43 heavy (non-hydrogen) atoms. The second kappa shape index (κ2) is 13.2. The first kappa shape index (κ1) is 28.6. The standard InChI is InChI=1S/C36H38N4O3/c1-2-43-32-15-13-29(14-16-32)35(41)39-19-17-31(18-20-39)38-21-23-40(24-22-38)36(42)30-25-33(27-9-5-3-6-10-27)37-34(26-30)28-11-7-4-8-12-28/h3-16,25-26,31H,2,17-24H2,1H3. The topological polar surface area (TPSA) is 66.0 Å². The predicted octanol–water partition coefficient (Wildman–Crippen LogP) is 5.88. The normalized spacial score (nSPS) is 16.2. The molecule has 7 nitrogen and oxygen atoms in total. The van der Waals surface area contributed by atoms with Crippen LogP contribution in [0.5, 0.6) is 5.75 Å². The van der Waals surface area contributed by atoms with Gasteiger partial charge in [0.25, 0.3) is 11.8 Å². The van der Waals surface area contributed by atoms with Crippen LogP contribution in [0.3, 0.4) is 0 Å². The summed E-state index contributed by atoms with van der Waals surface area (Å²) in [5, 5.41) is 0. The van der Waals surface area contributed by atoms with E-state index < -0.39 is 0 Å². The van der Waals surface area contributed by atoms with Gasteiger partial charge in [0, 0.05) is 67.6 Å². The fourth-order valence-electron chi connectivity index (χ4n) is 6.12. The van der Waals surface area contributed by atoms with Crippen molar-refractivity contribution in [2.24, 2.45) is 0 Å². The van der Waals surface area contributed by atoms with Gasteiger partial charge in [0.05, 0.1) is 18.0 Å². The predicted molar refractivity (Wildman–Crippen MR) is 169 cm³/mol. The van der Waals surface area contributed by atoms with Crippen molar-refractivity contribution in [3.05, 3.63) is 108 Å². The molecule has 4 aromatic rings. The Morgan fingerprint density at radius 1 is 0.674 bits per heavy atom. The van der Waals surface area contributed by atoms with Gasteiger partial charge in [0.15, 0.2) is 0 Å². The molecule has 0 bridgehead atoms. The van der Waals surface area contributed by atoms with E-state index in [-0.39, 0.29) is 11.8 Å². The summed E-state index contributed by atoms with van der Waals surface area (Å²) in [5.74, 6) is 0.916. The summed E-state index contributed by atoms with van der Waals surface area (Å²) in [7, 11) is 0. The van der Waals surface area contributed by atoms with Crippen molar-refractivity contribution in [3.8, 4) is 28.3 Å². The number of carbonyl (C=O) groups is 2. The van der Waals surface area contributed by atoms with E-state index in [9.17, 15) is 9.59 Å². The smallest absolute Gasteiger partial charge is 0.254 e. The molecule has 3 heterocycles. The quantitative estimate of drug-likeness (QED) is 0.276. The largest absolute Gasteiger partial charge is 0.494 e. The van der Waals surface area contributed by atoms with Crippen LogP contribution in [-0.4, -0.2) is 83.4 Å². The molecule has 0 atom stereocenters. The minimum absolute atomic E-state index is 0.0483. The molecule has 0 unspecified atom stereocenters. The summed E-state index contributed by atoms with van der Waals surface area (Å²) >= 11 is 0. The summed E-state index contributed by atoms with van der Waals surface area (Å²) in [6.07, 6.45) is 1.89. The maximum atomic E-state index is 13.8. The second-order valence-corrected chi connectivity index (χ2v) is 11.2. The Bertz CT molecular complexity index is 1470. The number of rotatable bonds is 7. The summed E-state index contributed by atoms with van der Waals surface area (Å²) in [6, 6.07) is 31.8. The number of hydrogen-bond acceptors (Lipinski definition) is 5. The number of pyridine rings is 1. The van der Waals surface area contributed by atoms with Crippen molar-refractivity contribution in [1.29, 1.82) is 0 Å². The molecule has 0 spiro atoms. The van der Waals surface area contributed by atoms with Crippen LogP contribution in [0.25, 0.3) is 22.5 Å². The van der Waals surface area contributed by atoms with E-state index in [1.807, 2.05) is 114 Å². The second-order valence-electron chi connectivity index (χ2n) is 11.2. The molecular weight excluding hydrogens is 536 g/mol. The van der Waals surface area contributed by atoms with Crippen LogP contribution >= 0.6 is 0 Å². The van der Waals surface area contributed by atoms with Crippen LogP contribution in [0, 0.1) is 0 Å². The molecule has 0 N–H and O–H groups in total. The number of piperazine rings is 1. The maximum absolute atomic E-state index is 13.8. The molecular formula is C36H38N4O3. The van der Waals surface area contributed by atoms with Crippen molar-refractivity contribution >= 4 is 11.8 Å². The Balaban J connectivity index is 1.07. The summed E-state index contributed by atoms with van der Waals surface area (Å²) < 4.78 is 5.50. The minimum atomic E-state index is 0.0483. The van der Waals surface area contributed by atoms with E-state index in [0.717, 1.165) is 67.3 Å². The highest BCUT2D eigenvalue weighted by molar-refractivity contribution is 5.96. The van der Waals surface area contributed by atoms with Crippen molar-refractivity contribution in [2.75, 3.05) is 45.9 Å². The number of piperidine rings is 1. The monoisotopic (exact) mass is 574 g/mol. The van der Waals surface area contributed by atoms with Gasteiger partial charge in [0.2, 0.25) is 0 Å². The third-order valence-electron chi connectivity index (χ3n) is 8.49. The number of likely N-dealkylation sites (tertiary alicyclic amines) is 1. The number of benzene rings is 3. The number of ether oxygens (including phenoxy) is 1. The van der Waals surface area contributed by atoms with Crippen molar-refractivity contribution in [1.82, 2.24) is 19.7 Å². The van der Waals surface area contributed by atoms with Crippen molar-refractivity contribution in [3.63, 3.8) is 0 Å². The summed E-state index contributed by atoms with van der Waals surface area (Å²) in [6.45, 7) is 7.11. The Morgan fingerprint density at radius 3 is 1.72 bits per heavy atom. The molecule has 0 aliphatic carbocycles. The highest BCUT2D eigenvalue weighted by atomic mass is 16.5. The van der Waals surface area contributed by atoms with E-state index in [2.05, 4.69) is 4.90 Å². The Labute approximate surface area is 253 Å². The highest BCUT2D eigenvalue weighted by Crippen LogP contribution is 2.27. The van der Waals surface area contributed by atoms with E-state index >= 15 is 0 Å². The zero-order chi connectivity index (χ0) is 29.6. The zero-order valence-corrected chi connectivity index (χ0v) is 24.7. The first-order valence-electron chi connectivity index (χ1n) is 15.3. The highest BCUT2D eigenvalue weighted by Gasteiger charge is 2.31. The van der Waals surface area contributed by atoms with Crippen LogP contribution in [0.1, 0.15) is 40.5 Å². The minimum Gasteiger partial charge on any atom is -0.494 e. The lowest BCUT2D eigenvalue weighted by atomic mass is 10.0. The van der Waals surface area contributed by atoms with Gasteiger partial charge in [-0.15, -0.1) is 0 Å². The molecule has 2 saturated heterocycles. The number of carbonyl (C=O) groups excluding carboxylic acids is 2. The molecule has 2 fully saturated rings. The average molecular weight is 575 g/mol. The van der Waals surface area contributed by atoms with Gasteiger partial charge in [-0.3, -0.25) is 14.5 Å². The lowest BCUT2D eigenvalue weighted by Crippen LogP contribution is -2.54. The molecule has 2 amide bonds. The van der Waals surface area contributed by atoms with E-state index in [4.69, 9.17) is 9.72 Å². The van der Waals surface area contributed by atoms with Gasteiger partial charge in [-0.1, -0.05) is 60.7 Å². The zero-order valence-electron chi connectivity index (χ0n) is 24.7. The van der Waals surface area contributed by atoms with Crippen LogP contribution < -0.4 is 4.74 Å². The van der Waals surface area contributed by atoms with Gasteiger partial charge in [-0.05, 0) is 56.2 Å². The van der Waals surface area contributed by atoms with Crippen molar-refractivity contribution < 1.29 is 14.3 Å². The average Bonchev–Trinajstić information content (AvgIpc) is 3.09. The third kappa shape index (κ3) is 6.62. The fourth-order valence-corrected chi connectivity index (χ4v) is 6.12. The SMILES string of the molecule is CCOc1ccc(C(=O)N2CCC(N3CCN(C(=O)c4cc(-c5ccccc5)nc(-c5ccccc5)c4)CC3)CC2)cc1. The lowest BCUT2D eigenvalue weighted by molar-refractivity contribution is 0.0412. The van der Waals surface area contributed by atoms with Gasteiger partial charge >= 0.3 is 0 Å². The van der Waals surface area contributed by atoms with Crippen LogP contribution in [-0.2, 0) is 0 Å². The van der Waals surface area contributed by atoms with Gasteiger partial charge < -0.3 is 14.5 Å². The number of hydrogen-bond donors (Lipinski definition) is 0. The Hall–Kier alpha value is -4.49. The van der Waals surface area contributed by atoms with Gasteiger partial charge in [-0.25, -0.2) is 4.98 Å². The molecule has 6 rings (SSSR count). The molecule has 2 aliphatic rings. The maximum Gasteiger partial charge on any atom is 0.254 e. The molecule has 220 valence electrons.